The molecule has 1 fully saturated rings. The van der Waals surface area contributed by atoms with E-state index in [-0.39, 0.29) is 11.7 Å². The minimum atomic E-state index is -2.57. The fourth-order valence-electron chi connectivity index (χ4n) is 2.37. The van der Waals surface area contributed by atoms with E-state index in [1.165, 1.54) is 19.2 Å². The smallest absolute Gasteiger partial charge is 0.255 e. The van der Waals surface area contributed by atoms with Crippen LogP contribution in [0.5, 0.6) is 11.5 Å². The van der Waals surface area contributed by atoms with Crippen molar-refractivity contribution in [3.63, 3.8) is 0 Å². The number of halogens is 2. The van der Waals surface area contributed by atoms with Crippen LogP contribution in [-0.4, -0.2) is 32.1 Å². The number of carbonyl (C=O) groups is 1. The molecule has 1 saturated carbocycles. The Hall–Kier alpha value is -1.85. The Morgan fingerprint density at radius 2 is 2.05 bits per heavy atom. The predicted molar refractivity (Wildman–Crippen MR) is 74.2 cm³/mol. The van der Waals surface area contributed by atoms with Crippen molar-refractivity contribution in [2.24, 2.45) is 0 Å². The lowest BCUT2D eigenvalue weighted by molar-refractivity contribution is 0.0891. The number of benzene rings is 1. The van der Waals surface area contributed by atoms with Crippen LogP contribution in [0, 0.1) is 0 Å². The van der Waals surface area contributed by atoms with E-state index in [1.54, 1.807) is 6.07 Å². The Kier molecular flexibility index (Phi) is 5.36. The summed E-state index contributed by atoms with van der Waals surface area (Å²) in [5, 5.41) is 2.17. The van der Waals surface area contributed by atoms with Crippen LogP contribution in [0.4, 0.5) is 8.78 Å². The Morgan fingerprint density at radius 1 is 1.33 bits per heavy atom. The molecule has 4 nitrogen and oxygen atoms in total. The number of hydrogen-bond donors (Lipinski definition) is 1. The van der Waals surface area contributed by atoms with Crippen molar-refractivity contribution in [2.45, 2.75) is 38.2 Å². The van der Waals surface area contributed by atoms with Gasteiger partial charge in [-0.1, -0.05) is 0 Å². The molecular formula is C15H19F2NO3. The highest BCUT2D eigenvalue weighted by Gasteiger charge is 2.19. The first-order chi connectivity index (χ1) is 10.1. The lowest BCUT2D eigenvalue weighted by Crippen LogP contribution is -2.28. The highest BCUT2D eigenvalue weighted by molar-refractivity contribution is 5.94. The van der Waals surface area contributed by atoms with Crippen LogP contribution in [0.15, 0.2) is 18.2 Å². The third-order valence-electron chi connectivity index (χ3n) is 3.44. The van der Waals surface area contributed by atoms with Crippen molar-refractivity contribution in [1.29, 1.82) is 0 Å². The van der Waals surface area contributed by atoms with Gasteiger partial charge in [-0.15, -0.1) is 0 Å². The van der Waals surface area contributed by atoms with E-state index < -0.39 is 18.9 Å². The molecule has 0 spiro atoms. The molecule has 0 saturated heterocycles. The topological polar surface area (TPSA) is 47.6 Å². The van der Waals surface area contributed by atoms with Gasteiger partial charge in [0.25, 0.3) is 12.3 Å². The number of ether oxygens (including phenoxy) is 2. The molecule has 21 heavy (non-hydrogen) atoms. The normalized spacial score (nSPS) is 15.2. The summed E-state index contributed by atoms with van der Waals surface area (Å²) in [6.07, 6.45) is 1.76. The summed E-state index contributed by atoms with van der Waals surface area (Å²) in [5.74, 6) is 0.468. The van der Waals surface area contributed by atoms with E-state index >= 15 is 0 Å². The van der Waals surface area contributed by atoms with Crippen LogP contribution in [0.25, 0.3) is 0 Å². The maximum atomic E-state index is 12.1. The second-order valence-electron chi connectivity index (χ2n) is 4.99. The molecule has 2 rings (SSSR count). The van der Waals surface area contributed by atoms with Crippen molar-refractivity contribution in [2.75, 3.05) is 13.7 Å². The first-order valence-electron chi connectivity index (χ1n) is 7.01. The van der Waals surface area contributed by atoms with Gasteiger partial charge < -0.3 is 14.8 Å². The van der Waals surface area contributed by atoms with Gasteiger partial charge in [-0.3, -0.25) is 4.79 Å². The Bertz CT molecular complexity index is 488. The molecule has 0 radical (unpaired) electrons. The molecule has 1 aliphatic carbocycles. The third kappa shape index (κ3) is 4.31. The van der Waals surface area contributed by atoms with Crippen molar-refractivity contribution in [1.82, 2.24) is 5.32 Å². The molecule has 1 aromatic rings. The van der Waals surface area contributed by atoms with Crippen LogP contribution in [0.1, 0.15) is 36.0 Å². The third-order valence-corrected chi connectivity index (χ3v) is 3.44. The number of nitrogens with one attached hydrogen (secondary N) is 1. The first kappa shape index (κ1) is 15.5. The van der Waals surface area contributed by atoms with Crippen molar-refractivity contribution in [3.05, 3.63) is 23.8 Å². The first-order valence-corrected chi connectivity index (χ1v) is 7.01. The molecule has 0 aromatic heterocycles. The summed E-state index contributed by atoms with van der Waals surface area (Å²) in [5.41, 5.74) is 0.282. The van der Waals surface area contributed by atoms with Crippen LogP contribution in [0.3, 0.4) is 0 Å². The molecule has 0 atom stereocenters. The molecule has 1 aliphatic rings. The second-order valence-corrected chi connectivity index (χ2v) is 4.99. The zero-order chi connectivity index (χ0) is 15.2. The highest BCUT2D eigenvalue weighted by atomic mass is 19.3. The summed E-state index contributed by atoms with van der Waals surface area (Å²) >= 11 is 0. The van der Waals surface area contributed by atoms with Crippen molar-refractivity contribution >= 4 is 5.91 Å². The summed E-state index contributed by atoms with van der Waals surface area (Å²) in [7, 11) is 1.52. The number of amides is 1. The maximum Gasteiger partial charge on any atom is 0.255 e. The van der Waals surface area contributed by atoms with Crippen molar-refractivity contribution < 1.29 is 23.0 Å². The average Bonchev–Trinajstić information content (AvgIpc) is 2.97. The van der Waals surface area contributed by atoms with Gasteiger partial charge in [0.05, 0.1) is 19.8 Å². The summed E-state index contributed by atoms with van der Waals surface area (Å²) < 4.78 is 35.3. The van der Waals surface area contributed by atoms with E-state index in [4.69, 9.17) is 9.47 Å². The minimum Gasteiger partial charge on any atom is -0.493 e. The lowest BCUT2D eigenvalue weighted by atomic mass is 10.2. The Balaban J connectivity index is 2.10. The summed E-state index contributed by atoms with van der Waals surface area (Å²) in [6.45, 7) is -0.663. The van der Waals surface area contributed by atoms with Gasteiger partial charge in [0.15, 0.2) is 11.5 Å². The molecule has 116 valence electrons. The SMILES string of the molecule is COc1ccc(C(=O)NCC(F)F)cc1OC1CCCC1. The fourth-order valence-corrected chi connectivity index (χ4v) is 2.37. The second kappa shape index (κ2) is 7.24. The maximum absolute atomic E-state index is 12.1. The van der Waals surface area contributed by atoms with E-state index in [9.17, 15) is 13.6 Å². The number of alkyl halides is 2. The minimum absolute atomic E-state index is 0.123. The fraction of sp³-hybridized carbons (Fsp3) is 0.533. The van der Waals surface area contributed by atoms with Crippen LogP contribution in [0.2, 0.25) is 0 Å². The molecule has 1 amide bonds. The molecule has 0 bridgehead atoms. The quantitative estimate of drug-likeness (QED) is 0.878. The Morgan fingerprint density at radius 3 is 2.67 bits per heavy atom. The molecule has 0 heterocycles. The Labute approximate surface area is 122 Å². The van der Waals surface area contributed by atoms with Gasteiger partial charge in [-0.25, -0.2) is 8.78 Å². The van der Waals surface area contributed by atoms with Gasteiger partial charge in [0.2, 0.25) is 0 Å². The van der Waals surface area contributed by atoms with Gasteiger partial charge in [0, 0.05) is 5.56 Å². The van der Waals surface area contributed by atoms with Crippen LogP contribution in [-0.2, 0) is 0 Å². The van der Waals surface area contributed by atoms with Gasteiger partial charge in [-0.2, -0.15) is 0 Å². The van der Waals surface area contributed by atoms with E-state index in [0.717, 1.165) is 25.7 Å². The van der Waals surface area contributed by atoms with E-state index in [1.807, 2.05) is 0 Å². The van der Waals surface area contributed by atoms with Crippen LogP contribution >= 0.6 is 0 Å². The number of methoxy groups -OCH3 is 1. The van der Waals surface area contributed by atoms with E-state index in [2.05, 4.69) is 5.32 Å². The zero-order valence-electron chi connectivity index (χ0n) is 11.9. The molecular weight excluding hydrogens is 280 g/mol. The van der Waals surface area contributed by atoms with Gasteiger partial charge in [0.1, 0.15) is 0 Å². The molecule has 0 aliphatic heterocycles. The number of hydrogen-bond acceptors (Lipinski definition) is 3. The van der Waals surface area contributed by atoms with Gasteiger partial charge in [-0.05, 0) is 43.9 Å². The summed E-state index contributed by atoms with van der Waals surface area (Å²) in [4.78, 5) is 11.8. The molecule has 1 aromatic carbocycles. The molecule has 6 heteroatoms. The van der Waals surface area contributed by atoms with E-state index in [0.29, 0.717) is 11.5 Å². The summed E-state index contributed by atoms with van der Waals surface area (Å²) in [6, 6.07) is 4.68. The molecule has 1 N–H and O–H groups in total. The largest absolute Gasteiger partial charge is 0.493 e. The molecule has 0 unspecified atom stereocenters. The van der Waals surface area contributed by atoms with Gasteiger partial charge >= 0.3 is 0 Å². The predicted octanol–water partition coefficient (Wildman–Crippen LogP) is 3.01. The monoisotopic (exact) mass is 299 g/mol. The number of rotatable bonds is 6. The average molecular weight is 299 g/mol. The van der Waals surface area contributed by atoms with Crippen LogP contribution < -0.4 is 14.8 Å². The van der Waals surface area contributed by atoms with Crippen molar-refractivity contribution in [3.8, 4) is 11.5 Å². The number of carbonyl (C=O) groups excluding carboxylic acids is 1. The standard InChI is InChI=1S/C15H19F2NO3/c1-20-12-7-6-10(15(19)18-9-14(16)17)8-13(12)21-11-4-2-3-5-11/h6-8,11,14H,2-5,9H2,1H3,(H,18,19). The zero-order valence-corrected chi connectivity index (χ0v) is 11.9. The highest BCUT2D eigenvalue weighted by Crippen LogP contribution is 2.32. The lowest BCUT2D eigenvalue weighted by Gasteiger charge is -2.16.